The summed E-state index contributed by atoms with van der Waals surface area (Å²) in [5.74, 6) is 13.1. The van der Waals surface area contributed by atoms with Gasteiger partial charge in [-0.3, -0.25) is 0 Å². The summed E-state index contributed by atoms with van der Waals surface area (Å²) in [5.41, 5.74) is 6.98. The van der Waals surface area contributed by atoms with Crippen LogP contribution in [0.3, 0.4) is 0 Å². The summed E-state index contributed by atoms with van der Waals surface area (Å²) in [6.07, 6.45) is 0. The van der Waals surface area contributed by atoms with E-state index in [0.717, 1.165) is 33.7 Å². The number of hydrogen-bond donors (Lipinski definition) is 0. The van der Waals surface area contributed by atoms with Crippen molar-refractivity contribution in [2.45, 2.75) is 0 Å². The van der Waals surface area contributed by atoms with E-state index in [9.17, 15) is 0 Å². The van der Waals surface area contributed by atoms with E-state index in [1.807, 2.05) is 84.9 Å². The molecule has 0 saturated carbocycles. The molecule has 0 aromatic heterocycles. The second kappa shape index (κ2) is 15.0. The number of fused-ring (bicyclic) bond motifs is 2. The van der Waals surface area contributed by atoms with E-state index in [4.69, 9.17) is 19.4 Å². The average Bonchev–Trinajstić information content (AvgIpc) is 3.04. The van der Waals surface area contributed by atoms with Gasteiger partial charge in [-0.05, 0) is 43.6 Å². The van der Waals surface area contributed by atoms with Crippen molar-refractivity contribution in [3.8, 4) is 23.9 Å². The Morgan fingerprint density at radius 3 is 0.826 bits per heavy atom. The van der Waals surface area contributed by atoms with Crippen LogP contribution >= 0.6 is 0 Å². The van der Waals surface area contributed by atoms with Gasteiger partial charge in [-0.1, -0.05) is 36.4 Å². The molecule has 0 aliphatic carbocycles. The lowest BCUT2D eigenvalue weighted by Crippen LogP contribution is -2.38. The van der Waals surface area contributed by atoms with Crippen molar-refractivity contribution < 1.29 is 0 Å². The minimum absolute atomic E-state index is 0.577. The first kappa shape index (κ1) is 33.3. The standard InChI is InChI=1S/C28H14B2N8Si8/c39-35(40)23-11-5-12-24(36(41)42)27(23)29-15-31-19-7-1-2-8-20(19)32-16-30(18-34-22-10-4-3-9-21(22)33-17-29)28-25(37(43)44)13-6-14-26(28)38(45)46/h1-14H/q+4. The zero-order chi connectivity index (χ0) is 32.8. The van der Waals surface area contributed by atoms with Gasteiger partial charge in [0.15, 0.2) is 83.2 Å². The molecule has 24 radical (unpaired) electrons. The highest BCUT2D eigenvalue weighted by molar-refractivity contribution is 6.90. The lowest BCUT2D eigenvalue weighted by atomic mass is 9.47. The Bertz CT molecular complexity index is 1770. The van der Waals surface area contributed by atoms with Crippen LogP contribution in [0.2, 0.25) is 0 Å². The van der Waals surface area contributed by atoms with Crippen molar-refractivity contribution >= 4 is 153 Å². The van der Waals surface area contributed by atoms with Crippen LogP contribution in [0.5, 0.6) is 0 Å². The predicted octanol–water partition coefficient (Wildman–Crippen LogP) is 2.11. The molecular formula is C28H14B2N8Si8+4. The first-order valence-electron chi connectivity index (χ1n) is 13.3. The largest absolute Gasteiger partial charge is 0.549 e. The van der Waals surface area contributed by atoms with Crippen LogP contribution in [0.15, 0.2) is 84.9 Å². The molecule has 0 bridgehead atoms. The van der Waals surface area contributed by atoms with E-state index in [0.29, 0.717) is 22.7 Å². The first-order chi connectivity index (χ1) is 22.2. The maximum atomic E-state index is 4.78. The quantitative estimate of drug-likeness (QED) is 0.288. The van der Waals surface area contributed by atoms with Gasteiger partial charge in [-0.2, -0.15) is 0 Å². The molecule has 0 spiro atoms. The van der Waals surface area contributed by atoms with Crippen LogP contribution in [0.4, 0.5) is 45.5 Å². The number of benzene rings is 4. The highest BCUT2D eigenvalue weighted by atomic mass is 28.2. The van der Waals surface area contributed by atoms with Crippen LogP contribution < -0.4 is 27.8 Å². The molecule has 200 valence electrons. The number of nitrogens with zero attached hydrogens (tertiary/aromatic N) is 8. The Morgan fingerprint density at radius 2 is 0.609 bits per heavy atom. The van der Waals surface area contributed by atoms with Gasteiger partial charge in [0.2, 0.25) is 23.9 Å². The molecule has 18 heteroatoms. The Kier molecular flexibility index (Phi) is 10.8. The summed E-state index contributed by atoms with van der Waals surface area (Å²) in [5, 5.41) is 0. The van der Waals surface area contributed by atoms with E-state index >= 15 is 0 Å². The minimum atomic E-state index is -0.643. The van der Waals surface area contributed by atoms with Crippen LogP contribution in [0, 0.1) is 23.9 Å². The molecule has 5 rings (SSSR count). The fourth-order valence-corrected chi connectivity index (χ4v) is 6.17. The summed E-state index contributed by atoms with van der Waals surface area (Å²) in [6, 6.07) is 26.6. The molecule has 4 aromatic rings. The van der Waals surface area contributed by atoms with E-state index in [2.05, 4.69) is 107 Å². The lowest BCUT2D eigenvalue weighted by molar-refractivity contribution is 1.55. The molecule has 0 saturated heterocycles. The Labute approximate surface area is 296 Å². The Morgan fingerprint density at radius 1 is 0.370 bits per heavy atom. The van der Waals surface area contributed by atoms with Crippen LogP contribution in [0.25, 0.3) is 19.4 Å². The zero-order valence-corrected chi connectivity index (χ0v) is 31.8. The van der Waals surface area contributed by atoms with Crippen molar-refractivity contribution in [1.29, 1.82) is 0 Å². The highest BCUT2D eigenvalue weighted by Crippen LogP contribution is 2.30. The fraction of sp³-hybridized carbons (Fsp3) is 0. The molecule has 0 atom stereocenters. The van der Waals surface area contributed by atoms with Gasteiger partial charge in [0.1, 0.15) is 0 Å². The van der Waals surface area contributed by atoms with Crippen molar-refractivity contribution in [3.63, 3.8) is 0 Å². The molecular weight excluding hydrogens is 695 g/mol. The van der Waals surface area contributed by atoms with Gasteiger partial charge >= 0.3 is 36.2 Å². The molecule has 0 fully saturated rings. The van der Waals surface area contributed by atoms with Crippen molar-refractivity contribution in [2.24, 2.45) is 0 Å². The van der Waals surface area contributed by atoms with Crippen molar-refractivity contribution in [1.82, 2.24) is 0 Å². The van der Waals surface area contributed by atoms with E-state index < -0.39 is 13.4 Å². The van der Waals surface area contributed by atoms with Crippen LogP contribution in [-0.2, 0) is 0 Å². The Balaban J connectivity index is 1.80. The van der Waals surface area contributed by atoms with Crippen LogP contribution in [0.1, 0.15) is 0 Å². The number of hydrogen-bond acceptors (Lipinski definition) is 4. The predicted molar refractivity (Wildman–Crippen MR) is 200 cm³/mol. The normalized spacial score (nSPS) is 11.4. The van der Waals surface area contributed by atoms with Gasteiger partial charge in [0, 0.05) is 57.9 Å². The van der Waals surface area contributed by atoms with Gasteiger partial charge in [-0.25, -0.2) is 0 Å². The second-order valence-corrected chi connectivity index (χ2v) is 14.9. The fourth-order valence-electron chi connectivity index (χ4n) is 4.61. The highest BCUT2D eigenvalue weighted by Gasteiger charge is 2.38. The van der Waals surface area contributed by atoms with Crippen molar-refractivity contribution in [3.05, 3.63) is 104 Å². The first-order valence-corrected chi connectivity index (χ1v) is 16.9. The molecule has 1 heterocycles. The molecule has 8 nitrogen and oxygen atoms in total. The van der Waals surface area contributed by atoms with Crippen molar-refractivity contribution in [2.75, 3.05) is 16.9 Å². The lowest BCUT2D eigenvalue weighted by Gasteiger charge is -2.22. The second-order valence-electron chi connectivity index (χ2n) is 9.57. The maximum Gasteiger partial charge on any atom is 0.549 e. The summed E-state index contributed by atoms with van der Waals surface area (Å²) in [4.78, 5) is 19.1. The summed E-state index contributed by atoms with van der Waals surface area (Å²) in [7, 11) is 28.5. The molecule has 1 aliphatic heterocycles. The van der Waals surface area contributed by atoms with Gasteiger partial charge in [0.05, 0.1) is 0 Å². The number of rotatable bonds is 6. The molecule has 4 aromatic carbocycles. The summed E-state index contributed by atoms with van der Waals surface area (Å²) in [6.45, 7) is -1.29. The smallest absolute Gasteiger partial charge is 0.429 e. The molecule has 1 aliphatic rings. The third-order valence-electron chi connectivity index (χ3n) is 6.68. The summed E-state index contributed by atoms with van der Waals surface area (Å²) < 4.78 is 6.57. The molecule has 0 amide bonds. The van der Waals surface area contributed by atoms with E-state index in [1.165, 1.54) is 0 Å². The van der Waals surface area contributed by atoms with Crippen LogP contribution in [-0.4, -0.2) is 96.7 Å². The zero-order valence-electron chi connectivity index (χ0n) is 23.8. The maximum absolute atomic E-state index is 4.78. The number of para-hydroxylation sites is 4. The third-order valence-corrected chi connectivity index (χ3v) is 8.61. The number of anilines is 4. The topological polar surface area (TPSA) is 30.4 Å². The minimum Gasteiger partial charge on any atom is -0.429 e. The Hall–Kier alpha value is -4.10. The van der Waals surface area contributed by atoms with Gasteiger partial charge < -0.3 is 16.9 Å². The van der Waals surface area contributed by atoms with E-state index in [1.54, 1.807) is 16.9 Å². The average molecular weight is 709 g/mol. The monoisotopic (exact) mass is 708 g/mol. The van der Waals surface area contributed by atoms with Gasteiger partial charge in [0.25, 0.3) is 0 Å². The molecule has 0 N–H and O–H groups in total. The SMILES string of the molecule is [Si]N([Si])c1cccc(N([Si])[Si])c1B1C#[N+]c2ccccc2[N+]#CB(c2c(N([Si])[Si])cccc2N([Si])[Si])C#[N+]c2ccccc2[N+]#C1. The van der Waals surface area contributed by atoms with E-state index in [-0.39, 0.29) is 0 Å². The molecule has 46 heavy (non-hydrogen) atoms. The summed E-state index contributed by atoms with van der Waals surface area (Å²) >= 11 is 0. The molecule has 0 unspecified atom stereocenters. The third kappa shape index (κ3) is 7.47. The van der Waals surface area contributed by atoms with Gasteiger partial charge in [-0.15, -0.1) is 0 Å².